The van der Waals surface area contributed by atoms with Crippen molar-refractivity contribution in [1.29, 1.82) is 5.41 Å². The predicted molar refractivity (Wildman–Crippen MR) is 90.1 cm³/mol. The van der Waals surface area contributed by atoms with Crippen molar-refractivity contribution in [1.82, 2.24) is 9.97 Å². The fraction of sp³-hybridized carbons (Fsp3) is 0.0625. The zero-order valence-electron chi connectivity index (χ0n) is 11.8. The maximum absolute atomic E-state index is 13.6. The number of aromatic nitrogens is 2. The maximum Gasteiger partial charge on any atom is 0.221 e. The second-order valence-corrected chi connectivity index (χ2v) is 6.05. The van der Waals surface area contributed by atoms with E-state index in [1.165, 1.54) is 30.0 Å². The minimum atomic E-state index is -0.401. The van der Waals surface area contributed by atoms with E-state index in [2.05, 4.69) is 9.97 Å². The van der Waals surface area contributed by atoms with Crippen LogP contribution >= 0.6 is 23.4 Å². The lowest BCUT2D eigenvalue weighted by Gasteiger charge is -2.10. The Morgan fingerprint density at radius 2 is 2.13 bits per heavy atom. The molecule has 23 heavy (non-hydrogen) atoms. The Kier molecular flexibility index (Phi) is 4.45. The van der Waals surface area contributed by atoms with Gasteiger partial charge in [-0.2, -0.15) is 0 Å². The van der Waals surface area contributed by atoms with Gasteiger partial charge in [-0.3, -0.25) is 0 Å². The first-order valence-corrected chi connectivity index (χ1v) is 8.01. The van der Waals surface area contributed by atoms with Gasteiger partial charge in [-0.05, 0) is 29.1 Å². The van der Waals surface area contributed by atoms with Crippen LogP contribution in [0.5, 0.6) is 5.88 Å². The van der Waals surface area contributed by atoms with Gasteiger partial charge in [-0.1, -0.05) is 23.7 Å². The number of aromatic hydroxyl groups is 1. The number of thioether (sulfide) groups is 1. The third kappa shape index (κ3) is 3.13. The van der Waals surface area contributed by atoms with Crippen molar-refractivity contribution in [3.8, 4) is 5.88 Å². The van der Waals surface area contributed by atoms with Gasteiger partial charge in [0, 0.05) is 23.6 Å². The first-order valence-electron chi connectivity index (χ1n) is 6.65. The van der Waals surface area contributed by atoms with Crippen molar-refractivity contribution in [3.05, 3.63) is 58.6 Å². The summed E-state index contributed by atoms with van der Waals surface area (Å²) < 4.78 is 13.6. The van der Waals surface area contributed by atoms with Crippen LogP contribution in [0, 0.1) is 11.2 Å². The molecule has 1 aromatic carbocycles. The summed E-state index contributed by atoms with van der Waals surface area (Å²) >= 11 is 7.35. The highest BCUT2D eigenvalue weighted by Crippen LogP contribution is 2.34. The molecular weight excluding hydrogens is 337 g/mol. The standard InChI is InChI=1S/C16H11ClFN3OS/c17-14-9(2-1-5-20-14)8-23-16-12-6-10(18)3-4-11(12)13(7-19)15(22)21-16/h1-7,19H,8H2,(H,21,22). The van der Waals surface area contributed by atoms with Crippen LogP contribution in [0.1, 0.15) is 11.1 Å². The Morgan fingerprint density at radius 3 is 2.87 bits per heavy atom. The number of hydrogen-bond donors (Lipinski definition) is 2. The Hall–Kier alpha value is -2.18. The summed E-state index contributed by atoms with van der Waals surface area (Å²) in [5, 5.41) is 19.4. The maximum atomic E-state index is 13.6. The molecule has 0 saturated carbocycles. The average Bonchev–Trinajstić information content (AvgIpc) is 2.54. The first-order chi connectivity index (χ1) is 11.1. The highest BCUT2D eigenvalue weighted by molar-refractivity contribution is 7.98. The van der Waals surface area contributed by atoms with Gasteiger partial charge < -0.3 is 10.5 Å². The predicted octanol–water partition coefficient (Wildman–Crippen LogP) is 4.42. The third-order valence-corrected chi connectivity index (χ3v) is 4.68. The number of halogens is 2. The molecule has 3 rings (SSSR count). The summed E-state index contributed by atoms with van der Waals surface area (Å²) in [5.41, 5.74) is 1.09. The quantitative estimate of drug-likeness (QED) is 0.416. The molecule has 0 aliphatic carbocycles. The molecular formula is C16H11ClFN3OS. The smallest absolute Gasteiger partial charge is 0.221 e. The van der Waals surface area contributed by atoms with E-state index in [-0.39, 0.29) is 11.4 Å². The zero-order chi connectivity index (χ0) is 16.4. The van der Waals surface area contributed by atoms with Crippen LogP contribution < -0.4 is 0 Å². The van der Waals surface area contributed by atoms with E-state index in [9.17, 15) is 9.50 Å². The molecule has 4 nitrogen and oxygen atoms in total. The molecule has 0 unspecified atom stereocenters. The number of nitrogens with zero attached hydrogens (tertiary/aromatic N) is 2. The number of benzene rings is 1. The lowest BCUT2D eigenvalue weighted by atomic mass is 10.1. The molecule has 0 radical (unpaired) electrons. The summed E-state index contributed by atoms with van der Waals surface area (Å²) in [5.74, 6) is -0.171. The van der Waals surface area contributed by atoms with Gasteiger partial charge >= 0.3 is 0 Å². The molecule has 3 aromatic rings. The van der Waals surface area contributed by atoms with Crippen molar-refractivity contribution in [2.24, 2.45) is 0 Å². The molecule has 2 aromatic heterocycles. The Bertz CT molecular complexity index is 904. The van der Waals surface area contributed by atoms with Crippen LogP contribution in [-0.2, 0) is 5.75 Å². The molecule has 0 saturated heterocycles. The fourth-order valence-corrected chi connectivity index (χ4v) is 3.46. The van der Waals surface area contributed by atoms with E-state index in [0.717, 1.165) is 11.8 Å². The van der Waals surface area contributed by atoms with Crippen molar-refractivity contribution >= 4 is 40.3 Å². The highest BCUT2D eigenvalue weighted by Gasteiger charge is 2.14. The molecule has 0 atom stereocenters. The van der Waals surface area contributed by atoms with Crippen LogP contribution in [0.4, 0.5) is 4.39 Å². The molecule has 0 aliphatic heterocycles. The Labute approximate surface area is 140 Å². The third-order valence-electron chi connectivity index (χ3n) is 3.30. The largest absolute Gasteiger partial charge is 0.493 e. The van der Waals surface area contributed by atoms with E-state index < -0.39 is 5.82 Å². The molecule has 7 heteroatoms. The second-order valence-electron chi connectivity index (χ2n) is 4.73. The topological polar surface area (TPSA) is 69.9 Å². The van der Waals surface area contributed by atoms with Gasteiger partial charge in [0.15, 0.2) is 0 Å². The number of rotatable bonds is 4. The normalized spacial score (nSPS) is 10.9. The van der Waals surface area contributed by atoms with Crippen molar-refractivity contribution in [2.75, 3.05) is 0 Å². The highest BCUT2D eigenvalue weighted by atomic mass is 35.5. The molecule has 0 fully saturated rings. The molecule has 0 spiro atoms. The van der Waals surface area contributed by atoms with Crippen molar-refractivity contribution < 1.29 is 9.50 Å². The van der Waals surface area contributed by atoms with Gasteiger partial charge in [0.25, 0.3) is 0 Å². The molecule has 2 N–H and O–H groups in total. The van der Waals surface area contributed by atoms with E-state index in [4.69, 9.17) is 17.0 Å². The first kappa shape index (κ1) is 15.7. The summed E-state index contributed by atoms with van der Waals surface area (Å²) in [6.07, 6.45) is 2.61. The molecule has 0 bridgehead atoms. The fourth-order valence-electron chi connectivity index (χ4n) is 2.19. The van der Waals surface area contributed by atoms with E-state index >= 15 is 0 Å². The van der Waals surface area contributed by atoms with E-state index in [1.54, 1.807) is 12.3 Å². The molecule has 0 aliphatic rings. The van der Waals surface area contributed by atoms with Crippen LogP contribution in [0.15, 0.2) is 41.6 Å². The minimum absolute atomic E-state index is 0.251. The molecule has 2 heterocycles. The SMILES string of the molecule is N=Cc1c(O)nc(SCc2cccnc2Cl)c2cc(F)ccc12. The van der Waals surface area contributed by atoms with Crippen molar-refractivity contribution in [3.63, 3.8) is 0 Å². The molecule has 116 valence electrons. The number of nitrogens with one attached hydrogen (secondary N) is 1. The van der Waals surface area contributed by atoms with E-state index in [0.29, 0.717) is 26.7 Å². The van der Waals surface area contributed by atoms with Crippen molar-refractivity contribution in [2.45, 2.75) is 10.8 Å². The van der Waals surface area contributed by atoms with Crippen LogP contribution in [0.25, 0.3) is 10.8 Å². The summed E-state index contributed by atoms with van der Waals surface area (Å²) in [6.45, 7) is 0. The number of pyridine rings is 2. The lowest BCUT2D eigenvalue weighted by molar-refractivity contribution is 0.449. The summed E-state index contributed by atoms with van der Waals surface area (Å²) in [4.78, 5) is 8.10. The zero-order valence-corrected chi connectivity index (χ0v) is 13.3. The van der Waals surface area contributed by atoms with Gasteiger partial charge in [0.2, 0.25) is 5.88 Å². The minimum Gasteiger partial charge on any atom is -0.493 e. The van der Waals surface area contributed by atoms with Crippen LogP contribution in [-0.4, -0.2) is 21.3 Å². The number of hydrogen-bond acceptors (Lipinski definition) is 5. The van der Waals surface area contributed by atoms with Gasteiger partial charge in [-0.25, -0.2) is 14.4 Å². The average molecular weight is 348 g/mol. The monoisotopic (exact) mass is 347 g/mol. The van der Waals surface area contributed by atoms with Crippen LogP contribution in [0.3, 0.4) is 0 Å². The Balaban J connectivity index is 2.05. The Morgan fingerprint density at radius 1 is 1.30 bits per heavy atom. The van der Waals surface area contributed by atoms with Gasteiger partial charge in [0.05, 0.1) is 5.56 Å². The molecule has 0 amide bonds. The second kappa shape index (κ2) is 6.52. The van der Waals surface area contributed by atoms with E-state index in [1.807, 2.05) is 6.07 Å². The summed E-state index contributed by atoms with van der Waals surface area (Å²) in [6, 6.07) is 7.80. The van der Waals surface area contributed by atoms with Gasteiger partial charge in [0.1, 0.15) is 16.0 Å². The number of fused-ring (bicyclic) bond motifs is 1. The summed E-state index contributed by atoms with van der Waals surface area (Å²) in [7, 11) is 0. The lowest BCUT2D eigenvalue weighted by Crippen LogP contribution is -1.94. The van der Waals surface area contributed by atoms with Gasteiger partial charge in [-0.15, -0.1) is 11.8 Å². The van der Waals surface area contributed by atoms with Crippen LogP contribution in [0.2, 0.25) is 5.15 Å².